The van der Waals surface area contributed by atoms with E-state index in [2.05, 4.69) is 20.2 Å². The lowest BCUT2D eigenvalue weighted by molar-refractivity contribution is 0.0651. The summed E-state index contributed by atoms with van der Waals surface area (Å²) in [6.07, 6.45) is 8.42. The van der Waals surface area contributed by atoms with E-state index in [-0.39, 0.29) is 0 Å². The van der Waals surface area contributed by atoms with Gasteiger partial charge in [-0.1, -0.05) is 0 Å². The number of rotatable bonds is 4. The van der Waals surface area contributed by atoms with Crippen LogP contribution in [-0.4, -0.2) is 48.9 Å². The Morgan fingerprint density at radius 3 is 2.50 bits per heavy atom. The van der Waals surface area contributed by atoms with Crippen LogP contribution in [0.5, 0.6) is 0 Å². The molecule has 2 aliphatic rings. The van der Waals surface area contributed by atoms with Gasteiger partial charge in [0, 0.05) is 44.7 Å². The van der Waals surface area contributed by atoms with Gasteiger partial charge in [-0.15, -0.1) is 0 Å². The Morgan fingerprint density at radius 1 is 1.10 bits per heavy atom. The molecule has 3 rings (SSSR count). The van der Waals surface area contributed by atoms with E-state index in [0.29, 0.717) is 6.04 Å². The van der Waals surface area contributed by atoms with Crippen molar-refractivity contribution in [2.45, 2.75) is 31.7 Å². The molecule has 0 spiro atoms. The molecular weight excluding hydrogens is 252 g/mol. The van der Waals surface area contributed by atoms with Crippen LogP contribution in [0.3, 0.4) is 0 Å². The second-order valence-corrected chi connectivity index (χ2v) is 5.77. The lowest BCUT2D eigenvalue weighted by Gasteiger charge is -2.33. The van der Waals surface area contributed by atoms with Crippen LogP contribution >= 0.6 is 0 Å². The van der Waals surface area contributed by atoms with Gasteiger partial charge >= 0.3 is 0 Å². The van der Waals surface area contributed by atoms with E-state index in [1.165, 1.54) is 25.7 Å². The van der Waals surface area contributed by atoms with Crippen LogP contribution in [0.15, 0.2) is 18.5 Å². The minimum absolute atomic E-state index is 0.651. The van der Waals surface area contributed by atoms with Gasteiger partial charge in [-0.2, -0.15) is 0 Å². The highest BCUT2D eigenvalue weighted by Crippen LogP contribution is 2.17. The second-order valence-electron chi connectivity index (χ2n) is 5.77. The van der Waals surface area contributed by atoms with Gasteiger partial charge in [-0.3, -0.25) is 0 Å². The largest absolute Gasteiger partial charge is 0.381 e. The van der Waals surface area contributed by atoms with E-state index >= 15 is 0 Å². The molecule has 0 atom stereocenters. The van der Waals surface area contributed by atoms with Crippen molar-refractivity contribution in [2.24, 2.45) is 5.92 Å². The molecule has 2 saturated heterocycles. The molecule has 5 nitrogen and oxygen atoms in total. The molecule has 5 heteroatoms. The first-order chi connectivity index (χ1) is 9.92. The number of ether oxygens (including phenoxy) is 1. The van der Waals surface area contributed by atoms with Gasteiger partial charge in [0.05, 0.1) is 0 Å². The zero-order chi connectivity index (χ0) is 13.6. The summed E-state index contributed by atoms with van der Waals surface area (Å²) in [5.41, 5.74) is 0. The zero-order valence-electron chi connectivity index (χ0n) is 12.0. The number of aromatic nitrogens is 2. The van der Waals surface area contributed by atoms with Crippen LogP contribution in [0.2, 0.25) is 0 Å². The van der Waals surface area contributed by atoms with Gasteiger partial charge in [0.2, 0.25) is 5.95 Å². The van der Waals surface area contributed by atoms with Crippen molar-refractivity contribution in [1.82, 2.24) is 15.3 Å². The molecule has 0 bridgehead atoms. The van der Waals surface area contributed by atoms with E-state index in [9.17, 15) is 0 Å². The fourth-order valence-corrected chi connectivity index (χ4v) is 3.02. The number of hydrogen-bond acceptors (Lipinski definition) is 5. The third kappa shape index (κ3) is 3.67. The van der Waals surface area contributed by atoms with Crippen LogP contribution in [0.4, 0.5) is 5.95 Å². The Labute approximate surface area is 120 Å². The molecule has 0 unspecified atom stereocenters. The Morgan fingerprint density at radius 2 is 1.80 bits per heavy atom. The molecule has 1 aromatic heterocycles. The summed E-state index contributed by atoms with van der Waals surface area (Å²) in [6.45, 7) is 5.13. The maximum Gasteiger partial charge on any atom is 0.225 e. The molecule has 20 heavy (non-hydrogen) atoms. The van der Waals surface area contributed by atoms with Crippen molar-refractivity contribution in [3.63, 3.8) is 0 Å². The summed E-state index contributed by atoms with van der Waals surface area (Å²) in [5.74, 6) is 1.68. The SMILES string of the molecule is c1cnc(N2CCC(NCC3CCOCC3)CC2)nc1. The third-order valence-corrected chi connectivity index (χ3v) is 4.37. The van der Waals surface area contributed by atoms with Crippen molar-refractivity contribution in [3.05, 3.63) is 18.5 Å². The molecule has 1 N–H and O–H groups in total. The molecule has 0 amide bonds. The average molecular weight is 276 g/mol. The van der Waals surface area contributed by atoms with Gasteiger partial charge in [0.15, 0.2) is 0 Å². The summed E-state index contributed by atoms with van der Waals surface area (Å²) in [7, 11) is 0. The Balaban J connectivity index is 1.40. The van der Waals surface area contributed by atoms with E-state index < -0.39 is 0 Å². The molecule has 110 valence electrons. The van der Waals surface area contributed by atoms with Crippen LogP contribution in [-0.2, 0) is 4.74 Å². The number of hydrogen-bond donors (Lipinski definition) is 1. The molecule has 2 aliphatic heterocycles. The quantitative estimate of drug-likeness (QED) is 0.902. The number of nitrogens with one attached hydrogen (secondary N) is 1. The van der Waals surface area contributed by atoms with Crippen molar-refractivity contribution < 1.29 is 4.74 Å². The molecule has 0 radical (unpaired) electrons. The Bertz CT molecular complexity index is 386. The first kappa shape index (κ1) is 13.8. The lowest BCUT2D eigenvalue weighted by atomic mass is 9.98. The fraction of sp³-hybridized carbons (Fsp3) is 0.733. The highest BCUT2D eigenvalue weighted by molar-refractivity contribution is 5.29. The van der Waals surface area contributed by atoms with Crippen molar-refractivity contribution >= 4 is 5.95 Å². The van der Waals surface area contributed by atoms with Gasteiger partial charge < -0.3 is 15.0 Å². The Kier molecular flexibility index (Phi) is 4.82. The maximum absolute atomic E-state index is 5.41. The summed E-state index contributed by atoms with van der Waals surface area (Å²) in [6, 6.07) is 2.52. The monoisotopic (exact) mass is 276 g/mol. The predicted molar refractivity (Wildman–Crippen MR) is 78.8 cm³/mol. The third-order valence-electron chi connectivity index (χ3n) is 4.37. The Hall–Kier alpha value is -1.20. The summed E-state index contributed by atoms with van der Waals surface area (Å²) < 4.78 is 5.41. The summed E-state index contributed by atoms with van der Waals surface area (Å²) >= 11 is 0. The molecule has 1 aromatic rings. The lowest BCUT2D eigenvalue weighted by Crippen LogP contribution is -2.44. The summed E-state index contributed by atoms with van der Waals surface area (Å²) in [5, 5.41) is 3.74. The van der Waals surface area contributed by atoms with E-state index in [0.717, 1.165) is 44.7 Å². The first-order valence-electron chi connectivity index (χ1n) is 7.75. The van der Waals surface area contributed by atoms with Gasteiger partial charge in [0.25, 0.3) is 0 Å². The fourth-order valence-electron chi connectivity index (χ4n) is 3.02. The topological polar surface area (TPSA) is 50.3 Å². The van der Waals surface area contributed by atoms with Crippen LogP contribution in [0, 0.1) is 5.92 Å². The number of anilines is 1. The van der Waals surface area contributed by atoms with Crippen molar-refractivity contribution in [3.8, 4) is 0 Å². The van der Waals surface area contributed by atoms with Crippen molar-refractivity contribution in [1.29, 1.82) is 0 Å². The van der Waals surface area contributed by atoms with Gasteiger partial charge in [-0.05, 0) is 44.2 Å². The molecule has 0 saturated carbocycles. The van der Waals surface area contributed by atoms with E-state index in [1.807, 2.05) is 18.5 Å². The molecular formula is C15H24N4O. The number of piperidine rings is 1. The van der Waals surface area contributed by atoms with E-state index in [4.69, 9.17) is 4.74 Å². The van der Waals surface area contributed by atoms with Gasteiger partial charge in [-0.25, -0.2) is 9.97 Å². The maximum atomic E-state index is 5.41. The number of nitrogens with zero attached hydrogens (tertiary/aromatic N) is 3. The minimum Gasteiger partial charge on any atom is -0.381 e. The standard InChI is InChI=1S/C15H24N4O/c1-6-16-15(17-7-1)19-8-2-14(3-9-19)18-12-13-4-10-20-11-5-13/h1,6-7,13-14,18H,2-5,8-12H2. The van der Waals surface area contributed by atoms with Crippen LogP contribution in [0.1, 0.15) is 25.7 Å². The van der Waals surface area contributed by atoms with Crippen molar-refractivity contribution in [2.75, 3.05) is 37.7 Å². The van der Waals surface area contributed by atoms with Crippen LogP contribution in [0.25, 0.3) is 0 Å². The molecule has 0 aliphatic carbocycles. The molecule has 3 heterocycles. The van der Waals surface area contributed by atoms with E-state index in [1.54, 1.807) is 0 Å². The predicted octanol–water partition coefficient (Wildman–Crippen LogP) is 1.46. The zero-order valence-corrected chi connectivity index (χ0v) is 12.0. The molecule has 2 fully saturated rings. The highest BCUT2D eigenvalue weighted by Gasteiger charge is 2.22. The average Bonchev–Trinajstić information content (AvgIpc) is 2.55. The second kappa shape index (κ2) is 6.99. The van der Waals surface area contributed by atoms with Gasteiger partial charge in [0.1, 0.15) is 0 Å². The first-order valence-corrected chi connectivity index (χ1v) is 7.75. The van der Waals surface area contributed by atoms with Crippen LogP contribution < -0.4 is 10.2 Å². The normalized spacial score (nSPS) is 22.1. The summed E-state index contributed by atoms with van der Waals surface area (Å²) in [4.78, 5) is 10.9. The highest BCUT2D eigenvalue weighted by atomic mass is 16.5. The molecule has 0 aromatic carbocycles. The minimum atomic E-state index is 0.651. The smallest absolute Gasteiger partial charge is 0.225 e.